The Kier molecular flexibility index (Phi) is 4.11. The first kappa shape index (κ1) is 12.3. The molecule has 1 atom stereocenters. The number of rotatable bonds is 5. The molecule has 0 spiro atoms. The van der Waals surface area contributed by atoms with E-state index in [1.165, 1.54) is 0 Å². The predicted molar refractivity (Wildman–Crippen MR) is 59.1 cm³/mol. The number of benzene rings is 1. The zero-order valence-electron chi connectivity index (χ0n) is 8.84. The number of Topliss-reactive ketones (excluding diaryl/α,β-unsaturated/α-hetero) is 1. The van der Waals surface area contributed by atoms with Gasteiger partial charge in [-0.15, -0.1) is 0 Å². The minimum atomic E-state index is -1.05. The molecule has 16 heavy (non-hydrogen) atoms. The number of hydrogen-bond acceptors (Lipinski definition) is 3. The molecule has 1 N–H and O–H groups in total. The molecule has 0 heterocycles. The molecule has 0 saturated carbocycles. The summed E-state index contributed by atoms with van der Waals surface area (Å²) in [4.78, 5) is 21.7. The van der Waals surface area contributed by atoms with Gasteiger partial charge in [0.1, 0.15) is 5.75 Å². The third-order valence-electron chi connectivity index (χ3n) is 1.91. The number of ether oxygens (including phenoxy) is 1. The van der Waals surface area contributed by atoms with E-state index in [0.717, 1.165) is 0 Å². The van der Waals surface area contributed by atoms with E-state index >= 15 is 0 Å². The number of carbonyl (C=O) groups excluding carboxylic acids is 1. The van der Waals surface area contributed by atoms with Crippen LogP contribution in [-0.4, -0.2) is 31.3 Å². The molecular formula is C11H11BO4. The van der Waals surface area contributed by atoms with Crippen LogP contribution in [0.5, 0.6) is 5.75 Å². The Bertz CT molecular complexity index is 383. The van der Waals surface area contributed by atoms with Crippen LogP contribution in [0, 0.1) is 0 Å². The van der Waals surface area contributed by atoms with E-state index in [1.807, 2.05) is 0 Å². The standard InChI is InChI=1S/C11H11BO4/c1-7(12)11(15)8-2-4-9(5-3-8)16-6-10(13)14/h2-5,7H,6H2,1H3,(H,13,14). The molecule has 1 aromatic carbocycles. The van der Waals surface area contributed by atoms with Crippen LogP contribution in [0.2, 0.25) is 5.82 Å². The average Bonchev–Trinajstić information content (AvgIpc) is 2.26. The van der Waals surface area contributed by atoms with Crippen molar-refractivity contribution in [2.75, 3.05) is 6.61 Å². The molecule has 4 nitrogen and oxygen atoms in total. The summed E-state index contributed by atoms with van der Waals surface area (Å²) in [6.45, 7) is 1.21. The number of carboxylic acid groups (broad SMARTS) is 1. The lowest BCUT2D eigenvalue weighted by Crippen LogP contribution is -2.10. The van der Waals surface area contributed by atoms with Crippen LogP contribution in [0.15, 0.2) is 24.3 Å². The fraction of sp³-hybridized carbons (Fsp3) is 0.273. The Morgan fingerprint density at radius 2 is 1.94 bits per heavy atom. The molecule has 0 amide bonds. The highest BCUT2D eigenvalue weighted by atomic mass is 16.5. The summed E-state index contributed by atoms with van der Waals surface area (Å²) in [7, 11) is 5.45. The smallest absolute Gasteiger partial charge is 0.341 e. The molecule has 1 rings (SSSR count). The third-order valence-corrected chi connectivity index (χ3v) is 1.91. The van der Waals surface area contributed by atoms with Crippen molar-refractivity contribution in [1.29, 1.82) is 0 Å². The summed E-state index contributed by atoms with van der Waals surface area (Å²) >= 11 is 0. The van der Waals surface area contributed by atoms with Gasteiger partial charge >= 0.3 is 5.97 Å². The number of aliphatic carboxylic acids is 1. The van der Waals surface area contributed by atoms with Gasteiger partial charge in [-0.25, -0.2) is 4.79 Å². The van der Waals surface area contributed by atoms with Gasteiger partial charge in [0, 0.05) is 5.56 Å². The number of carbonyl (C=O) groups is 2. The first-order chi connectivity index (χ1) is 7.50. The summed E-state index contributed by atoms with van der Waals surface area (Å²) in [6.07, 6.45) is 0. The average molecular weight is 218 g/mol. The summed E-state index contributed by atoms with van der Waals surface area (Å²) in [5.74, 6) is -1.35. The highest BCUT2D eigenvalue weighted by Crippen LogP contribution is 2.15. The topological polar surface area (TPSA) is 63.6 Å². The Labute approximate surface area is 94.6 Å². The van der Waals surface area contributed by atoms with Crippen LogP contribution in [-0.2, 0) is 4.79 Å². The Morgan fingerprint density at radius 1 is 1.38 bits per heavy atom. The highest BCUT2D eigenvalue weighted by Gasteiger charge is 2.09. The van der Waals surface area contributed by atoms with E-state index in [2.05, 4.69) is 0 Å². The summed E-state index contributed by atoms with van der Waals surface area (Å²) in [6, 6.07) is 6.20. The lowest BCUT2D eigenvalue weighted by Gasteiger charge is -2.06. The fourth-order valence-electron chi connectivity index (χ4n) is 1.12. The Morgan fingerprint density at radius 3 is 2.38 bits per heavy atom. The number of carboxylic acids is 1. The molecule has 1 unspecified atom stereocenters. The van der Waals surface area contributed by atoms with E-state index < -0.39 is 18.4 Å². The fourth-order valence-corrected chi connectivity index (χ4v) is 1.12. The Hall–Kier alpha value is -1.78. The van der Waals surface area contributed by atoms with Gasteiger partial charge in [-0.05, 0) is 30.1 Å². The van der Waals surface area contributed by atoms with Crippen molar-refractivity contribution < 1.29 is 19.4 Å². The molecule has 0 aliphatic rings. The molecule has 0 saturated heterocycles. The van der Waals surface area contributed by atoms with Gasteiger partial charge in [-0.3, -0.25) is 4.79 Å². The zero-order valence-corrected chi connectivity index (χ0v) is 8.84. The van der Waals surface area contributed by atoms with E-state index in [1.54, 1.807) is 31.2 Å². The molecule has 0 bridgehead atoms. The van der Waals surface area contributed by atoms with Crippen LogP contribution in [0.3, 0.4) is 0 Å². The maximum absolute atomic E-state index is 11.5. The molecular weight excluding hydrogens is 207 g/mol. The largest absolute Gasteiger partial charge is 0.482 e. The molecule has 0 aliphatic carbocycles. The van der Waals surface area contributed by atoms with Gasteiger partial charge in [0.2, 0.25) is 0 Å². The summed E-state index contributed by atoms with van der Waals surface area (Å²) < 4.78 is 4.92. The predicted octanol–water partition coefficient (Wildman–Crippen LogP) is 1.31. The van der Waals surface area contributed by atoms with E-state index in [9.17, 15) is 9.59 Å². The first-order valence-electron chi connectivity index (χ1n) is 4.75. The molecule has 1 aromatic rings. The van der Waals surface area contributed by atoms with Crippen LogP contribution in [0.25, 0.3) is 0 Å². The van der Waals surface area contributed by atoms with Gasteiger partial charge < -0.3 is 9.84 Å². The number of hydrogen-bond donors (Lipinski definition) is 1. The highest BCUT2D eigenvalue weighted by molar-refractivity contribution is 6.27. The van der Waals surface area contributed by atoms with Crippen LogP contribution >= 0.6 is 0 Å². The van der Waals surface area contributed by atoms with Gasteiger partial charge in [0.15, 0.2) is 12.4 Å². The minimum Gasteiger partial charge on any atom is -0.482 e. The minimum absolute atomic E-state index is 0.162. The second kappa shape index (κ2) is 5.35. The lowest BCUT2D eigenvalue weighted by atomic mass is 9.83. The van der Waals surface area contributed by atoms with Crippen molar-refractivity contribution in [2.45, 2.75) is 12.7 Å². The second-order valence-corrected chi connectivity index (χ2v) is 3.36. The van der Waals surface area contributed by atoms with Crippen LogP contribution in [0.1, 0.15) is 17.3 Å². The van der Waals surface area contributed by atoms with E-state index in [0.29, 0.717) is 11.3 Å². The van der Waals surface area contributed by atoms with Crippen molar-refractivity contribution >= 4 is 19.6 Å². The van der Waals surface area contributed by atoms with Gasteiger partial charge in [0.05, 0.1) is 7.85 Å². The van der Waals surface area contributed by atoms with Crippen LogP contribution in [0.4, 0.5) is 0 Å². The lowest BCUT2D eigenvalue weighted by molar-refractivity contribution is -0.139. The third kappa shape index (κ3) is 3.42. The zero-order chi connectivity index (χ0) is 12.1. The molecule has 5 heteroatoms. The van der Waals surface area contributed by atoms with Gasteiger partial charge in [-0.1, -0.05) is 6.92 Å². The van der Waals surface area contributed by atoms with Crippen LogP contribution < -0.4 is 4.74 Å². The summed E-state index contributed by atoms with van der Waals surface area (Å²) in [5, 5.41) is 8.39. The van der Waals surface area contributed by atoms with Crippen molar-refractivity contribution in [3.63, 3.8) is 0 Å². The van der Waals surface area contributed by atoms with Gasteiger partial charge in [-0.2, -0.15) is 0 Å². The van der Waals surface area contributed by atoms with E-state index in [-0.39, 0.29) is 5.78 Å². The van der Waals surface area contributed by atoms with Crippen molar-refractivity contribution in [3.05, 3.63) is 29.8 Å². The molecule has 2 radical (unpaired) electrons. The molecule has 82 valence electrons. The van der Waals surface area contributed by atoms with Crippen molar-refractivity contribution in [2.24, 2.45) is 0 Å². The quantitative estimate of drug-likeness (QED) is 0.597. The van der Waals surface area contributed by atoms with Crippen molar-refractivity contribution in [3.8, 4) is 5.75 Å². The summed E-state index contributed by atoms with van der Waals surface area (Å²) in [5.41, 5.74) is 0.484. The monoisotopic (exact) mass is 218 g/mol. The van der Waals surface area contributed by atoms with Gasteiger partial charge in [0.25, 0.3) is 0 Å². The number of ketones is 1. The van der Waals surface area contributed by atoms with E-state index in [4.69, 9.17) is 17.7 Å². The molecule has 0 aromatic heterocycles. The SMILES string of the molecule is [B]C(C)C(=O)c1ccc(OCC(=O)O)cc1. The maximum atomic E-state index is 11.5. The van der Waals surface area contributed by atoms with Crippen molar-refractivity contribution in [1.82, 2.24) is 0 Å². The Balaban J connectivity index is 2.68. The maximum Gasteiger partial charge on any atom is 0.341 e. The normalized spacial score (nSPS) is 11.8. The first-order valence-corrected chi connectivity index (χ1v) is 4.75. The molecule has 0 fully saturated rings. The molecule has 0 aliphatic heterocycles. The second-order valence-electron chi connectivity index (χ2n) is 3.36.